The predicted molar refractivity (Wildman–Crippen MR) is 219 cm³/mol. The number of hydrogen-bond acceptors (Lipinski definition) is 15. The van der Waals surface area contributed by atoms with Gasteiger partial charge in [-0.2, -0.15) is 31.6 Å². The van der Waals surface area contributed by atoms with Crippen LogP contribution in [0.25, 0.3) is 0 Å². The largest absolute Gasteiger partial charge is 0.460 e. The number of rotatable bonds is 12. The van der Waals surface area contributed by atoms with E-state index < -0.39 is 23.0 Å². The molecular formula is C42H24N9O6P3. The van der Waals surface area contributed by atoms with Crippen molar-refractivity contribution in [3.8, 4) is 70.9 Å². The number of nitriles is 6. The summed E-state index contributed by atoms with van der Waals surface area (Å²) in [7, 11) is -14.0. The van der Waals surface area contributed by atoms with Crippen molar-refractivity contribution in [1.82, 2.24) is 0 Å². The average molecular weight is 844 g/mol. The summed E-state index contributed by atoms with van der Waals surface area (Å²) < 4.78 is 55.1. The Kier molecular flexibility index (Phi) is 11.6. The fourth-order valence-corrected chi connectivity index (χ4v) is 14.5. The molecule has 60 heavy (non-hydrogen) atoms. The van der Waals surface area contributed by atoms with Crippen LogP contribution in [0.1, 0.15) is 33.4 Å². The van der Waals surface area contributed by atoms with Crippen LogP contribution in [0.2, 0.25) is 0 Å². The van der Waals surface area contributed by atoms with Crippen LogP contribution in [0.4, 0.5) is 0 Å². The van der Waals surface area contributed by atoms with Gasteiger partial charge in [0, 0.05) is 0 Å². The molecule has 0 unspecified atom stereocenters. The molecule has 0 bridgehead atoms. The summed E-state index contributed by atoms with van der Waals surface area (Å²) in [5.41, 5.74) is 0.127. The lowest BCUT2D eigenvalue weighted by atomic mass is 10.2. The minimum atomic E-state index is -4.68. The number of hydrogen-bond donors (Lipinski definition) is 0. The zero-order chi connectivity index (χ0) is 42.0. The van der Waals surface area contributed by atoms with Crippen molar-refractivity contribution in [2.24, 2.45) is 13.5 Å². The molecular weight excluding hydrogens is 819 g/mol. The maximum atomic E-state index is 10.2. The molecule has 0 radical (unpaired) electrons. The summed E-state index contributed by atoms with van der Waals surface area (Å²) in [4.78, 5) is 0. The minimum Gasteiger partial charge on any atom is -0.412 e. The molecule has 7 rings (SSSR count). The van der Waals surface area contributed by atoms with Crippen molar-refractivity contribution in [1.29, 1.82) is 31.6 Å². The Morgan fingerprint density at radius 3 is 0.567 bits per heavy atom. The van der Waals surface area contributed by atoms with Crippen LogP contribution in [0.15, 0.2) is 159 Å². The molecule has 6 aromatic rings. The molecule has 1 aliphatic rings. The zero-order valence-corrected chi connectivity index (χ0v) is 33.4. The van der Waals surface area contributed by atoms with E-state index in [1.165, 1.54) is 72.8 Å². The lowest BCUT2D eigenvalue weighted by Gasteiger charge is -2.33. The van der Waals surface area contributed by atoms with E-state index in [0.29, 0.717) is 0 Å². The van der Waals surface area contributed by atoms with Crippen molar-refractivity contribution in [2.45, 2.75) is 0 Å². The van der Waals surface area contributed by atoms with Crippen LogP contribution >= 0.6 is 23.0 Å². The topological polar surface area (TPSA) is 235 Å². The second-order valence-corrected chi connectivity index (χ2v) is 18.1. The van der Waals surface area contributed by atoms with E-state index in [9.17, 15) is 31.6 Å². The van der Waals surface area contributed by atoms with E-state index >= 15 is 0 Å². The highest BCUT2D eigenvalue weighted by atomic mass is 31.3. The smallest absolute Gasteiger partial charge is 0.412 e. The summed E-state index contributed by atoms with van der Waals surface area (Å²) in [6.45, 7) is 0. The molecule has 0 spiro atoms. The summed E-state index contributed by atoms with van der Waals surface area (Å²) in [5, 5.41) is 61.4. The van der Waals surface area contributed by atoms with Gasteiger partial charge in [0.25, 0.3) is 0 Å². The molecule has 288 valence electrons. The molecule has 1 heterocycles. The quantitative estimate of drug-likeness (QED) is 0.105. The molecule has 0 amide bonds. The first-order valence-electron chi connectivity index (χ1n) is 17.3. The molecule has 18 heteroatoms. The first-order chi connectivity index (χ1) is 29.3. The predicted octanol–water partition coefficient (Wildman–Crippen LogP) is 11.5. The Morgan fingerprint density at radius 2 is 0.417 bits per heavy atom. The highest BCUT2D eigenvalue weighted by Crippen LogP contribution is 2.79. The van der Waals surface area contributed by atoms with Crippen LogP contribution in [-0.2, 0) is 0 Å². The molecule has 6 aromatic carbocycles. The van der Waals surface area contributed by atoms with Crippen LogP contribution in [0.5, 0.6) is 34.5 Å². The molecule has 0 saturated carbocycles. The van der Waals surface area contributed by atoms with E-state index in [-0.39, 0.29) is 67.9 Å². The van der Waals surface area contributed by atoms with E-state index in [1.807, 2.05) is 0 Å². The highest BCUT2D eigenvalue weighted by molar-refractivity contribution is 7.79. The van der Waals surface area contributed by atoms with Gasteiger partial charge in [0.05, 0.1) is 33.4 Å². The van der Waals surface area contributed by atoms with Gasteiger partial charge in [0.1, 0.15) is 70.9 Å². The third kappa shape index (κ3) is 8.53. The van der Waals surface area contributed by atoms with Crippen molar-refractivity contribution in [3.05, 3.63) is 179 Å². The lowest BCUT2D eigenvalue weighted by Crippen LogP contribution is -2.12. The standard InChI is InChI=1S/C42H24N9O6P3/c43-25-31-13-1-7-19-37(31)52-58(53-38-20-8-2-14-32(38)26-44)49-59(54-39-21-9-3-15-33(39)27-45,55-40-22-10-4-16-34(40)28-46)51-60(50-58,56-41-23-11-5-17-35(41)29-47)57-42-24-12-6-18-36(42)30-48/h1-24H. The van der Waals surface area contributed by atoms with Gasteiger partial charge in [-0.1, -0.05) is 86.3 Å². The third-order valence-corrected chi connectivity index (χ3v) is 16.1. The fourth-order valence-electron chi connectivity index (χ4n) is 5.36. The van der Waals surface area contributed by atoms with Gasteiger partial charge in [-0.05, 0) is 72.8 Å². The summed E-state index contributed by atoms with van der Waals surface area (Å²) in [5.74, 6) is -0.511. The molecule has 0 aliphatic carbocycles. The SMILES string of the molecule is N#Cc1ccccc1OP1(Oc2ccccc2C#N)=NP(Oc2ccccc2C#N)(Oc2ccccc2C#N)=NP(Oc2ccccc2C#N)(Oc2ccccc2C#N)=N1. The maximum absolute atomic E-state index is 10.2. The van der Waals surface area contributed by atoms with Gasteiger partial charge in [0.15, 0.2) is 0 Å². The molecule has 1 aliphatic heterocycles. The Labute approximate surface area is 344 Å². The molecule has 0 saturated heterocycles. The van der Waals surface area contributed by atoms with E-state index in [1.54, 1.807) is 72.8 Å². The average Bonchev–Trinajstić information content (AvgIpc) is 3.27. The molecule has 0 fully saturated rings. The summed E-state index contributed by atoms with van der Waals surface area (Å²) >= 11 is 0. The fraction of sp³-hybridized carbons (Fsp3) is 0. The van der Waals surface area contributed by atoms with E-state index in [0.717, 1.165) is 0 Å². The second-order valence-electron chi connectivity index (χ2n) is 11.9. The highest BCUT2D eigenvalue weighted by Gasteiger charge is 2.50. The van der Waals surface area contributed by atoms with Gasteiger partial charge < -0.3 is 27.1 Å². The number of para-hydroxylation sites is 6. The second kappa shape index (κ2) is 17.5. The summed E-state index contributed by atoms with van der Waals surface area (Å²) in [6, 6.07) is 49.3. The number of benzene rings is 6. The van der Waals surface area contributed by atoms with E-state index in [4.69, 9.17) is 40.7 Å². The maximum Gasteiger partial charge on any atom is 0.460 e. The molecule has 0 atom stereocenters. The monoisotopic (exact) mass is 843 g/mol. The Bertz CT molecular complexity index is 2580. The van der Waals surface area contributed by atoms with Gasteiger partial charge in [-0.3, -0.25) is 0 Å². The first-order valence-corrected chi connectivity index (χ1v) is 21.9. The van der Waals surface area contributed by atoms with Crippen molar-refractivity contribution < 1.29 is 27.1 Å². The van der Waals surface area contributed by atoms with Crippen LogP contribution in [0.3, 0.4) is 0 Å². The first kappa shape index (κ1) is 40.0. The minimum absolute atomic E-state index is 0.0211. The zero-order valence-electron chi connectivity index (χ0n) is 30.7. The van der Waals surface area contributed by atoms with Gasteiger partial charge >= 0.3 is 23.0 Å². The Morgan fingerprint density at radius 1 is 0.267 bits per heavy atom. The van der Waals surface area contributed by atoms with Crippen molar-refractivity contribution >= 4 is 23.0 Å². The molecule has 15 nitrogen and oxygen atoms in total. The normalized spacial score (nSPS) is 13.7. The Hall–Kier alpha value is -8.25. The number of nitrogens with zero attached hydrogens (tertiary/aromatic N) is 9. The summed E-state index contributed by atoms with van der Waals surface area (Å²) in [6.07, 6.45) is 0. The van der Waals surface area contributed by atoms with Crippen LogP contribution in [-0.4, -0.2) is 0 Å². The molecule has 0 aromatic heterocycles. The van der Waals surface area contributed by atoms with E-state index in [2.05, 4.69) is 36.4 Å². The Balaban J connectivity index is 1.69. The third-order valence-electron chi connectivity index (χ3n) is 8.03. The van der Waals surface area contributed by atoms with Crippen molar-refractivity contribution in [3.63, 3.8) is 0 Å². The van der Waals surface area contributed by atoms with Crippen LogP contribution in [0, 0.1) is 68.0 Å². The van der Waals surface area contributed by atoms with Crippen LogP contribution < -0.4 is 27.1 Å². The van der Waals surface area contributed by atoms with Gasteiger partial charge in [-0.15, -0.1) is 0 Å². The molecule has 0 N–H and O–H groups in total. The van der Waals surface area contributed by atoms with Gasteiger partial charge in [-0.25, -0.2) is 0 Å². The lowest BCUT2D eigenvalue weighted by molar-refractivity contribution is 0.441. The van der Waals surface area contributed by atoms with Crippen molar-refractivity contribution in [2.75, 3.05) is 0 Å². The van der Waals surface area contributed by atoms with Gasteiger partial charge in [0.2, 0.25) is 0 Å².